The summed E-state index contributed by atoms with van der Waals surface area (Å²) in [6, 6.07) is 3.46. The van der Waals surface area contributed by atoms with Gasteiger partial charge in [-0.3, -0.25) is 4.79 Å². The first-order chi connectivity index (χ1) is 8.70. The normalized spacial score (nSPS) is 10.1. The monoisotopic (exact) mass is 246 g/mol. The molecule has 2 aromatic rings. The van der Waals surface area contributed by atoms with Crippen LogP contribution in [0.1, 0.15) is 16.2 Å². The van der Waals surface area contributed by atoms with Gasteiger partial charge in [0.1, 0.15) is 12.1 Å². The van der Waals surface area contributed by atoms with Crippen molar-refractivity contribution < 1.29 is 4.79 Å². The predicted octanol–water partition coefficient (Wildman–Crippen LogP) is 0.182. The number of pyridine rings is 1. The van der Waals surface area contributed by atoms with E-state index in [1.165, 1.54) is 6.20 Å². The van der Waals surface area contributed by atoms with E-state index in [1.54, 1.807) is 30.1 Å². The lowest BCUT2D eigenvalue weighted by molar-refractivity contribution is 0.0949. The SMILES string of the molecule is CNc1ccc(C(=O)NCc2nncn2C)cn1. The van der Waals surface area contributed by atoms with Gasteiger partial charge in [-0.15, -0.1) is 10.2 Å². The third-order valence-corrected chi connectivity index (χ3v) is 2.49. The summed E-state index contributed by atoms with van der Waals surface area (Å²) in [5, 5.41) is 13.3. The van der Waals surface area contributed by atoms with Crippen molar-refractivity contribution in [1.82, 2.24) is 25.1 Å². The average molecular weight is 246 g/mol. The van der Waals surface area contributed by atoms with E-state index in [2.05, 4.69) is 25.8 Å². The maximum atomic E-state index is 11.8. The maximum Gasteiger partial charge on any atom is 0.253 e. The Labute approximate surface area is 104 Å². The van der Waals surface area contributed by atoms with Crippen molar-refractivity contribution in [2.45, 2.75) is 6.54 Å². The van der Waals surface area contributed by atoms with Crippen LogP contribution in [0.3, 0.4) is 0 Å². The number of anilines is 1. The molecule has 0 aliphatic heterocycles. The number of nitrogens with zero attached hydrogens (tertiary/aromatic N) is 4. The first-order valence-electron chi connectivity index (χ1n) is 5.45. The van der Waals surface area contributed by atoms with Gasteiger partial charge >= 0.3 is 0 Å². The third-order valence-electron chi connectivity index (χ3n) is 2.49. The second-order valence-electron chi connectivity index (χ2n) is 3.72. The van der Waals surface area contributed by atoms with Crippen LogP contribution < -0.4 is 10.6 Å². The lowest BCUT2D eigenvalue weighted by Crippen LogP contribution is -2.24. The van der Waals surface area contributed by atoms with Gasteiger partial charge in [-0.05, 0) is 12.1 Å². The van der Waals surface area contributed by atoms with Crippen LogP contribution in [-0.2, 0) is 13.6 Å². The molecule has 94 valence electrons. The highest BCUT2D eigenvalue weighted by Crippen LogP contribution is 2.04. The number of hydrogen-bond acceptors (Lipinski definition) is 5. The second kappa shape index (κ2) is 5.26. The highest BCUT2D eigenvalue weighted by Gasteiger charge is 2.07. The molecule has 2 N–H and O–H groups in total. The topological polar surface area (TPSA) is 84.7 Å². The van der Waals surface area contributed by atoms with Crippen molar-refractivity contribution in [1.29, 1.82) is 0 Å². The third kappa shape index (κ3) is 2.62. The fraction of sp³-hybridized carbons (Fsp3) is 0.273. The molecule has 7 nitrogen and oxygen atoms in total. The molecule has 0 radical (unpaired) electrons. The van der Waals surface area contributed by atoms with Gasteiger partial charge in [0.05, 0.1) is 12.1 Å². The van der Waals surface area contributed by atoms with Gasteiger partial charge in [-0.25, -0.2) is 4.98 Å². The number of carbonyl (C=O) groups is 1. The van der Waals surface area contributed by atoms with E-state index < -0.39 is 0 Å². The largest absolute Gasteiger partial charge is 0.373 e. The van der Waals surface area contributed by atoms with Crippen LogP contribution in [0.25, 0.3) is 0 Å². The average Bonchev–Trinajstić information content (AvgIpc) is 2.81. The van der Waals surface area contributed by atoms with E-state index in [9.17, 15) is 4.79 Å². The van der Waals surface area contributed by atoms with Crippen LogP contribution in [0.4, 0.5) is 5.82 Å². The highest BCUT2D eigenvalue weighted by molar-refractivity contribution is 5.93. The Hall–Kier alpha value is -2.44. The summed E-state index contributed by atoms with van der Waals surface area (Å²) in [6.07, 6.45) is 3.11. The molecule has 0 spiro atoms. The fourth-order valence-electron chi connectivity index (χ4n) is 1.40. The Balaban J connectivity index is 1.97. The summed E-state index contributed by atoms with van der Waals surface area (Å²) in [7, 11) is 3.60. The van der Waals surface area contributed by atoms with Crippen LogP contribution in [-0.4, -0.2) is 32.7 Å². The van der Waals surface area contributed by atoms with E-state index in [4.69, 9.17) is 0 Å². The molecule has 1 amide bonds. The van der Waals surface area contributed by atoms with Gasteiger partial charge in [0.2, 0.25) is 0 Å². The number of aromatic nitrogens is 4. The van der Waals surface area contributed by atoms with Gasteiger partial charge in [0.25, 0.3) is 5.91 Å². The molecule has 0 fully saturated rings. The number of carbonyl (C=O) groups excluding carboxylic acids is 1. The van der Waals surface area contributed by atoms with Gasteiger partial charge < -0.3 is 15.2 Å². The van der Waals surface area contributed by atoms with Gasteiger partial charge in [-0.2, -0.15) is 0 Å². The first-order valence-corrected chi connectivity index (χ1v) is 5.45. The number of amides is 1. The van der Waals surface area contributed by atoms with E-state index in [-0.39, 0.29) is 5.91 Å². The number of hydrogen-bond donors (Lipinski definition) is 2. The highest BCUT2D eigenvalue weighted by atomic mass is 16.1. The molecule has 7 heteroatoms. The summed E-state index contributed by atoms with van der Waals surface area (Å²) in [5.74, 6) is 1.23. The zero-order valence-corrected chi connectivity index (χ0v) is 10.2. The van der Waals surface area contributed by atoms with Crippen LogP contribution in [0.15, 0.2) is 24.7 Å². The van der Waals surface area contributed by atoms with Crippen molar-refractivity contribution in [2.24, 2.45) is 7.05 Å². The summed E-state index contributed by atoms with van der Waals surface area (Å²) in [6.45, 7) is 0.336. The minimum Gasteiger partial charge on any atom is -0.373 e. The zero-order valence-electron chi connectivity index (χ0n) is 10.2. The summed E-state index contributed by atoms with van der Waals surface area (Å²) < 4.78 is 1.75. The Morgan fingerprint density at radius 3 is 2.83 bits per heavy atom. The molecule has 0 aromatic carbocycles. The second-order valence-corrected chi connectivity index (χ2v) is 3.72. The molecule has 0 aliphatic carbocycles. The zero-order chi connectivity index (χ0) is 13.0. The standard InChI is InChI=1S/C11H14N6O/c1-12-9-4-3-8(5-13-9)11(18)14-6-10-16-15-7-17(10)2/h3-5,7H,6H2,1-2H3,(H,12,13)(H,14,18). The molecule has 0 unspecified atom stereocenters. The Morgan fingerprint density at radius 2 is 2.28 bits per heavy atom. The lowest BCUT2D eigenvalue weighted by atomic mass is 10.2. The Kier molecular flexibility index (Phi) is 3.52. The van der Waals surface area contributed by atoms with Crippen LogP contribution in [0, 0.1) is 0 Å². The number of nitrogens with one attached hydrogen (secondary N) is 2. The quantitative estimate of drug-likeness (QED) is 0.804. The Morgan fingerprint density at radius 1 is 1.44 bits per heavy atom. The minimum absolute atomic E-state index is 0.187. The molecule has 0 saturated heterocycles. The molecule has 2 rings (SSSR count). The lowest BCUT2D eigenvalue weighted by Gasteiger charge is -2.05. The number of aryl methyl sites for hydroxylation is 1. The smallest absolute Gasteiger partial charge is 0.253 e. The molecular formula is C11H14N6O. The molecule has 0 atom stereocenters. The van der Waals surface area contributed by atoms with Crippen molar-refractivity contribution >= 4 is 11.7 Å². The van der Waals surface area contributed by atoms with Crippen molar-refractivity contribution in [3.63, 3.8) is 0 Å². The van der Waals surface area contributed by atoms with E-state index in [0.29, 0.717) is 17.9 Å². The van der Waals surface area contributed by atoms with E-state index >= 15 is 0 Å². The molecule has 18 heavy (non-hydrogen) atoms. The van der Waals surface area contributed by atoms with Crippen LogP contribution in [0.5, 0.6) is 0 Å². The predicted molar refractivity (Wildman–Crippen MR) is 66.0 cm³/mol. The molecular weight excluding hydrogens is 232 g/mol. The van der Waals surface area contributed by atoms with Crippen LogP contribution >= 0.6 is 0 Å². The molecule has 2 aromatic heterocycles. The van der Waals surface area contributed by atoms with E-state index in [1.807, 2.05) is 7.05 Å². The van der Waals surface area contributed by atoms with Crippen molar-refractivity contribution in [3.8, 4) is 0 Å². The first kappa shape index (κ1) is 12.0. The molecule has 0 saturated carbocycles. The van der Waals surface area contributed by atoms with Crippen molar-refractivity contribution in [2.75, 3.05) is 12.4 Å². The van der Waals surface area contributed by atoms with Crippen LogP contribution in [0.2, 0.25) is 0 Å². The minimum atomic E-state index is -0.187. The van der Waals surface area contributed by atoms with Gasteiger partial charge in [-0.1, -0.05) is 0 Å². The summed E-state index contributed by atoms with van der Waals surface area (Å²) in [4.78, 5) is 15.9. The summed E-state index contributed by atoms with van der Waals surface area (Å²) in [5.41, 5.74) is 0.510. The van der Waals surface area contributed by atoms with Crippen molar-refractivity contribution in [3.05, 3.63) is 36.0 Å². The molecule has 0 bridgehead atoms. The maximum absolute atomic E-state index is 11.8. The molecule has 2 heterocycles. The van der Waals surface area contributed by atoms with E-state index in [0.717, 1.165) is 5.82 Å². The molecule has 0 aliphatic rings. The number of rotatable bonds is 4. The Bertz CT molecular complexity index is 533. The summed E-state index contributed by atoms with van der Waals surface area (Å²) >= 11 is 0. The van der Waals surface area contributed by atoms with Gasteiger partial charge in [0, 0.05) is 20.3 Å². The fourth-order valence-corrected chi connectivity index (χ4v) is 1.40. The van der Waals surface area contributed by atoms with Gasteiger partial charge in [0.15, 0.2) is 5.82 Å².